The molecule has 6 heteroatoms. The Hall–Kier alpha value is 0.400. The largest absolute Gasteiger partial charge is 0.465 e. The topological polar surface area (TPSA) is 52.6 Å². The molecule has 0 amide bonds. The number of hydrogen-bond donors (Lipinski definition) is 0. The lowest BCUT2D eigenvalue weighted by atomic mass is 10.3. The highest BCUT2D eigenvalue weighted by molar-refractivity contribution is 14.1. The molecule has 0 aliphatic rings. The third kappa shape index (κ3) is 4.76. The van der Waals surface area contributed by atoms with Gasteiger partial charge < -0.3 is 9.47 Å². The Bertz CT molecular complexity index is 186. The molecule has 2 atom stereocenters. The minimum Gasteiger partial charge on any atom is -0.465 e. The zero-order valence-electron chi connectivity index (χ0n) is 7.96. The van der Waals surface area contributed by atoms with Gasteiger partial charge >= 0.3 is 11.9 Å². The molecule has 82 valence electrons. The van der Waals surface area contributed by atoms with Crippen LogP contribution in [0.1, 0.15) is 13.8 Å². The first-order valence-corrected chi connectivity index (χ1v) is 6.65. The summed E-state index contributed by atoms with van der Waals surface area (Å²) in [6.07, 6.45) is 0. The summed E-state index contributed by atoms with van der Waals surface area (Å²) >= 11 is 3.78. The van der Waals surface area contributed by atoms with Gasteiger partial charge in [-0.05, 0) is 13.8 Å². The standard InChI is InChI=1S/C8H12I2O4/c1-3-13-7(11)5(9)6(10)8(12)14-4-2/h5-6H,3-4H2,1-2H3. The molecular weight excluding hydrogens is 414 g/mol. The Labute approximate surface area is 110 Å². The van der Waals surface area contributed by atoms with Crippen molar-refractivity contribution in [3.05, 3.63) is 0 Å². The summed E-state index contributed by atoms with van der Waals surface area (Å²) in [5.41, 5.74) is 0. The number of alkyl halides is 2. The molecule has 0 aliphatic heterocycles. The van der Waals surface area contributed by atoms with Gasteiger partial charge in [0.05, 0.1) is 13.2 Å². The maximum absolute atomic E-state index is 11.3. The third-order valence-electron chi connectivity index (χ3n) is 1.28. The molecule has 0 aliphatic carbocycles. The zero-order valence-corrected chi connectivity index (χ0v) is 12.3. The maximum atomic E-state index is 11.3. The SMILES string of the molecule is CCOC(=O)C(I)C(I)C(=O)OCC. The van der Waals surface area contributed by atoms with Crippen LogP contribution >= 0.6 is 45.2 Å². The summed E-state index contributed by atoms with van der Waals surface area (Å²) in [5.74, 6) is -0.749. The van der Waals surface area contributed by atoms with Gasteiger partial charge in [-0.15, -0.1) is 0 Å². The molecule has 14 heavy (non-hydrogen) atoms. The third-order valence-corrected chi connectivity index (χ3v) is 5.11. The second kappa shape index (κ2) is 7.66. The number of halogens is 2. The van der Waals surface area contributed by atoms with Crippen LogP contribution in [0.5, 0.6) is 0 Å². The fraction of sp³-hybridized carbons (Fsp3) is 0.750. The molecule has 0 spiro atoms. The van der Waals surface area contributed by atoms with Gasteiger partial charge in [-0.1, -0.05) is 45.2 Å². The maximum Gasteiger partial charge on any atom is 0.320 e. The molecule has 0 bridgehead atoms. The average Bonchev–Trinajstić information content (AvgIpc) is 2.16. The molecule has 0 N–H and O–H groups in total. The molecule has 0 rings (SSSR count). The molecular formula is C8H12I2O4. The van der Waals surface area contributed by atoms with Crippen molar-refractivity contribution in [3.8, 4) is 0 Å². The highest BCUT2D eigenvalue weighted by Gasteiger charge is 2.31. The van der Waals surface area contributed by atoms with E-state index < -0.39 is 7.85 Å². The molecule has 4 nitrogen and oxygen atoms in total. The fourth-order valence-corrected chi connectivity index (χ4v) is 1.63. The van der Waals surface area contributed by atoms with Crippen molar-refractivity contribution in [2.24, 2.45) is 0 Å². The summed E-state index contributed by atoms with van der Waals surface area (Å²) in [5, 5.41) is 0. The van der Waals surface area contributed by atoms with Crippen LogP contribution in [0.4, 0.5) is 0 Å². The second-order valence-electron chi connectivity index (χ2n) is 2.31. The first kappa shape index (κ1) is 14.4. The molecule has 0 aromatic heterocycles. The van der Waals surface area contributed by atoms with Gasteiger partial charge in [0.25, 0.3) is 0 Å². The van der Waals surface area contributed by atoms with E-state index in [-0.39, 0.29) is 11.9 Å². The van der Waals surface area contributed by atoms with Crippen LogP contribution in [-0.4, -0.2) is 33.0 Å². The number of esters is 2. The Balaban J connectivity index is 4.16. The molecule has 0 saturated carbocycles. The molecule has 2 unspecified atom stereocenters. The van der Waals surface area contributed by atoms with Crippen LogP contribution in [0.25, 0.3) is 0 Å². The van der Waals surface area contributed by atoms with E-state index in [4.69, 9.17) is 9.47 Å². The van der Waals surface area contributed by atoms with Crippen molar-refractivity contribution in [2.75, 3.05) is 13.2 Å². The van der Waals surface area contributed by atoms with Gasteiger partial charge in [0, 0.05) is 0 Å². The molecule has 0 aromatic carbocycles. The van der Waals surface area contributed by atoms with E-state index in [9.17, 15) is 9.59 Å². The Morgan fingerprint density at radius 2 is 1.29 bits per heavy atom. The highest BCUT2D eigenvalue weighted by Crippen LogP contribution is 2.18. The zero-order chi connectivity index (χ0) is 11.1. The van der Waals surface area contributed by atoms with Crippen molar-refractivity contribution < 1.29 is 19.1 Å². The molecule has 0 saturated heterocycles. The lowest BCUT2D eigenvalue weighted by molar-refractivity contribution is -0.147. The van der Waals surface area contributed by atoms with E-state index in [1.807, 2.05) is 45.2 Å². The predicted octanol–water partition coefficient (Wildman–Crippen LogP) is 1.72. The predicted molar refractivity (Wildman–Crippen MR) is 68.9 cm³/mol. The van der Waals surface area contributed by atoms with E-state index in [0.29, 0.717) is 13.2 Å². The number of hydrogen-bond acceptors (Lipinski definition) is 4. The van der Waals surface area contributed by atoms with E-state index in [1.165, 1.54) is 0 Å². The monoisotopic (exact) mass is 426 g/mol. The number of carbonyl (C=O) groups excluding carboxylic acids is 2. The first-order valence-electron chi connectivity index (χ1n) is 4.16. The molecule has 0 aromatic rings. The first-order chi connectivity index (χ1) is 6.54. The molecule has 0 fully saturated rings. The van der Waals surface area contributed by atoms with Gasteiger partial charge in [0.1, 0.15) is 7.85 Å². The number of carbonyl (C=O) groups is 2. The smallest absolute Gasteiger partial charge is 0.320 e. The van der Waals surface area contributed by atoms with Crippen LogP contribution in [0.2, 0.25) is 0 Å². The van der Waals surface area contributed by atoms with Crippen molar-refractivity contribution in [2.45, 2.75) is 21.7 Å². The highest BCUT2D eigenvalue weighted by atomic mass is 127. The number of ether oxygens (including phenoxy) is 2. The Morgan fingerprint density at radius 3 is 1.50 bits per heavy atom. The summed E-state index contributed by atoms with van der Waals surface area (Å²) in [4.78, 5) is 22.5. The summed E-state index contributed by atoms with van der Waals surface area (Å²) in [6, 6.07) is 0. The average molecular weight is 426 g/mol. The van der Waals surface area contributed by atoms with Crippen molar-refractivity contribution in [3.63, 3.8) is 0 Å². The normalized spacial score (nSPS) is 14.3. The van der Waals surface area contributed by atoms with Gasteiger partial charge in [-0.3, -0.25) is 9.59 Å². The quantitative estimate of drug-likeness (QED) is 0.382. The van der Waals surface area contributed by atoms with Crippen LogP contribution in [0, 0.1) is 0 Å². The number of rotatable bonds is 5. The molecule has 0 heterocycles. The van der Waals surface area contributed by atoms with Gasteiger partial charge in [-0.2, -0.15) is 0 Å². The summed E-state index contributed by atoms with van der Waals surface area (Å²) < 4.78 is 8.60. The van der Waals surface area contributed by atoms with Gasteiger partial charge in [0.2, 0.25) is 0 Å². The van der Waals surface area contributed by atoms with Gasteiger partial charge in [-0.25, -0.2) is 0 Å². The fourth-order valence-electron chi connectivity index (χ4n) is 0.683. The lowest BCUT2D eigenvalue weighted by Crippen LogP contribution is -2.33. The van der Waals surface area contributed by atoms with Crippen LogP contribution in [-0.2, 0) is 19.1 Å². The minimum absolute atomic E-state index is 0.324. The van der Waals surface area contributed by atoms with Crippen LogP contribution < -0.4 is 0 Å². The summed E-state index contributed by atoms with van der Waals surface area (Å²) in [6.45, 7) is 4.11. The lowest BCUT2D eigenvalue weighted by Gasteiger charge is -2.13. The van der Waals surface area contributed by atoms with E-state index in [0.717, 1.165) is 0 Å². The second-order valence-corrected chi connectivity index (χ2v) is 4.99. The van der Waals surface area contributed by atoms with Crippen molar-refractivity contribution in [1.82, 2.24) is 0 Å². The van der Waals surface area contributed by atoms with E-state index in [2.05, 4.69) is 0 Å². The van der Waals surface area contributed by atoms with Gasteiger partial charge in [0.15, 0.2) is 0 Å². The van der Waals surface area contributed by atoms with Crippen molar-refractivity contribution >= 4 is 57.1 Å². The molecule has 0 radical (unpaired) electrons. The van der Waals surface area contributed by atoms with E-state index in [1.54, 1.807) is 13.8 Å². The van der Waals surface area contributed by atoms with Crippen LogP contribution in [0.3, 0.4) is 0 Å². The Kier molecular flexibility index (Phi) is 7.88. The minimum atomic E-state index is -0.493. The van der Waals surface area contributed by atoms with E-state index >= 15 is 0 Å². The van der Waals surface area contributed by atoms with Crippen molar-refractivity contribution in [1.29, 1.82) is 0 Å². The summed E-state index contributed by atoms with van der Waals surface area (Å²) in [7, 11) is 0. The Morgan fingerprint density at radius 1 is 1.00 bits per heavy atom. The van der Waals surface area contributed by atoms with Crippen LogP contribution in [0.15, 0.2) is 0 Å².